The summed E-state index contributed by atoms with van der Waals surface area (Å²) in [5, 5.41) is 15.1. The molecule has 0 fully saturated rings. The maximum atomic E-state index is 11.9. The summed E-state index contributed by atoms with van der Waals surface area (Å²) >= 11 is 0. The van der Waals surface area contributed by atoms with E-state index in [2.05, 4.69) is 15.6 Å². The van der Waals surface area contributed by atoms with Crippen LogP contribution < -0.4 is 15.5 Å². The van der Waals surface area contributed by atoms with E-state index in [-0.39, 0.29) is 18.6 Å². The number of carbonyl (C=O) groups is 1. The number of aliphatic hydroxyl groups excluding tert-OH is 1. The predicted molar refractivity (Wildman–Crippen MR) is 99.5 cm³/mol. The Balaban J connectivity index is 1.73. The molecule has 0 saturated heterocycles. The molecular formula is C19H26N4O2. The fourth-order valence-corrected chi connectivity index (χ4v) is 2.41. The summed E-state index contributed by atoms with van der Waals surface area (Å²) in [7, 11) is 3.98. The molecule has 1 unspecified atom stereocenters. The average molecular weight is 342 g/mol. The lowest BCUT2D eigenvalue weighted by molar-refractivity contribution is 0.213. The van der Waals surface area contributed by atoms with E-state index in [0.29, 0.717) is 19.5 Å². The first-order valence-electron chi connectivity index (χ1n) is 8.37. The number of hydrogen-bond acceptors (Lipinski definition) is 4. The molecule has 0 radical (unpaired) electrons. The third kappa shape index (κ3) is 6.43. The zero-order valence-corrected chi connectivity index (χ0v) is 14.8. The van der Waals surface area contributed by atoms with Crippen LogP contribution in [0, 0.1) is 5.92 Å². The Morgan fingerprint density at radius 1 is 1.16 bits per heavy atom. The third-order valence-corrected chi connectivity index (χ3v) is 3.94. The number of hydrogen-bond donors (Lipinski definition) is 3. The number of aliphatic hydroxyl groups is 1. The zero-order chi connectivity index (χ0) is 18.1. The molecule has 1 heterocycles. The molecule has 25 heavy (non-hydrogen) atoms. The van der Waals surface area contributed by atoms with Crippen molar-refractivity contribution in [2.75, 3.05) is 32.1 Å². The maximum Gasteiger partial charge on any atom is 0.315 e. The number of pyridine rings is 1. The van der Waals surface area contributed by atoms with E-state index in [1.807, 2.05) is 61.5 Å². The van der Waals surface area contributed by atoms with Gasteiger partial charge in [0.2, 0.25) is 0 Å². The van der Waals surface area contributed by atoms with E-state index < -0.39 is 0 Å². The second-order valence-corrected chi connectivity index (χ2v) is 6.20. The van der Waals surface area contributed by atoms with E-state index in [1.54, 1.807) is 6.20 Å². The number of nitrogens with one attached hydrogen (secondary N) is 2. The lowest BCUT2D eigenvalue weighted by atomic mass is 10.0. The topological polar surface area (TPSA) is 77.5 Å². The molecule has 6 nitrogen and oxygen atoms in total. The van der Waals surface area contributed by atoms with Crippen LogP contribution in [0.5, 0.6) is 0 Å². The van der Waals surface area contributed by atoms with Crippen molar-refractivity contribution in [1.82, 2.24) is 15.6 Å². The largest absolute Gasteiger partial charge is 0.396 e. The Bertz CT molecular complexity index is 644. The van der Waals surface area contributed by atoms with E-state index >= 15 is 0 Å². The van der Waals surface area contributed by atoms with Gasteiger partial charge in [-0.2, -0.15) is 0 Å². The predicted octanol–water partition coefficient (Wildman–Crippen LogP) is 1.80. The monoisotopic (exact) mass is 342 g/mol. The molecule has 0 spiro atoms. The summed E-state index contributed by atoms with van der Waals surface area (Å²) in [4.78, 5) is 18.2. The van der Waals surface area contributed by atoms with Gasteiger partial charge in [-0.3, -0.25) is 4.98 Å². The van der Waals surface area contributed by atoms with E-state index in [1.165, 1.54) is 0 Å². The fraction of sp³-hybridized carbons (Fsp3) is 0.368. The molecule has 3 N–H and O–H groups in total. The van der Waals surface area contributed by atoms with Crippen LogP contribution in [-0.2, 0) is 13.0 Å². The first-order chi connectivity index (χ1) is 12.1. The second kappa shape index (κ2) is 9.64. The molecule has 1 aromatic heterocycles. The third-order valence-electron chi connectivity index (χ3n) is 3.94. The standard InChI is InChI=1S/C19H26N4O2/c1-23(2)18-8-6-15(7-9-18)12-21-19(25)22-13-16(14-24)11-17-5-3-4-10-20-17/h3-10,16,24H,11-14H2,1-2H3,(H2,21,22,25). The Morgan fingerprint density at radius 3 is 2.52 bits per heavy atom. The van der Waals surface area contributed by atoms with Crippen molar-refractivity contribution in [3.8, 4) is 0 Å². The first kappa shape index (κ1) is 18.7. The van der Waals surface area contributed by atoms with Gasteiger partial charge in [-0.05, 0) is 36.2 Å². The highest BCUT2D eigenvalue weighted by Crippen LogP contribution is 2.12. The molecule has 1 atom stereocenters. The van der Waals surface area contributed by atoms with Crippen molar-refractivity contribution in [3.63, 3.8) is 0 Å². The summed E-state index contributed by atoms with van der Waals surface area (Å²) in [6, 6.07) is 13.5. The van der Waals surface area contributed by atoms with Crippen LogP contribution in [0.1, 0.15) is 11.3 Å². The van der Waals surface area contributed by atoms with Crippen LogP contribution in [0.2, 0.25) is 0 Å². The summed E-state index contributed by atoms with van der Waals surface area (Å²) in [5.41, 5.74) is 3.06. The Hall–Kier alpha value is -2.60. The maximum absolute atomic E-state index is 11.9. The first-order valence-corrected chi connectivity index (χ1v) is 8.37. The SMILES string of the molecule is CN(C)c1ccc(CNC(=O)NCC(CO)Cc2ccccn2)cc1. The highest BCUT2D eigenvalue weighted by Gasteiger charge is 2.11. The molecule has 2 aromatic rings. The Labute approximate surface area is 148 Å². The van der Waals surface area contributed by atoms with E-state index in [9.17, 15) is 9.90 Å². The van der Waals surface area contributed by atoms with Gasteiger partial charge < -0.3 is 20.6 Å². The number of nitrogens with zero attached hydrogens (tertiary/aromatic N) is 2. The van der Waals surface area contributed by atoms with Crippen LogP contribution >= 0.6 is 0 Å². The van der Waals surface area contributed by atoms with Gasteiger partial charge >= 0.3 is 6.03 Å². The van der Waals surface area contributed by atoms with Crippen LogP contribution in [0.15, 0.2) is 48.7 Å². The van der Waals surface area contributed by atoms with Crippen LogP contribution in [0.3, 0.4) is 0 Å². The van der Waals surface area contributed by atoms with E-state index in [4.69, 9.17) is 0 Å². The summed E-state index contributed by atoms with van der Waals surface area (Å²) in [6.07, 6.45) is 2.36. The minimum absolute atomic E-state index is 0.00283. The number of rotatable bonds is 8. The smallest absolute Gasteiger partial charge is 0.315 e. The van der Waals surface area contributed by atoms with Gasteiger partial charge in [-0.25, -0.2) is 4.79 Å². The van der Waals surface area contributed by atoms with Gasteiger partial charge in [0.15, 0.2) is 0 Å². The quantitative estimate of drug-likeness (QED) is 0.684. The van der Waals surface area contributed by atoms with Crippen molar-refractivity contribution < 1.29 is 9.90 Å². The van der Waals surface area contributed by atoms with E-state index in [0.717, 1.165) is 16.9 Å². The van der Waals surface area contributed by atoms with Gasteiger partial charge in [-0.15, -0.1) is 0 Å². The number of amides is 2. The highest BCUT2D eigenvalue weighted by molar-refractivity contribution is 5.73. The van der Waals surface area contributed by atoms with Gasteiger partial charge in [-0.1, -0.05) is 18.2 Å². The van der Waals surface area contributed by atoms with Gasteiger partial charge in [0, 0.05) is 57.3 Å². The molecule has 0 aliphatic carbocycles. The van der Waals surface area contributed by atoms with Crippen LogP contribution in [0.25, 0.3) is 0 Å². The number of benzene rings is 1. The van der Waals surface area contributed by atoms with Crippen LogP contribution in [0.4, 0.5) is 10.5 Å². The zero-order valence-electron chi connectivity index (χ0n) is 14.8. The van der Waals surface area contributed by atoms with Crippen molar-refractivity contribution in [1.29, 1.82) is 0 Å². The van der Waals surface area contributed by atoms with Crippen molar-refractivity contribution in [2.24, 2.45) is 5.92 Å². The second-order valence-electron chi connectivity index (χ2n) is 6.20. The summed E-state index contributed by atoms with van der Waals surface area (Å²) in [5.74, 6) is -0.0555. The molecular weight excluding hydrogens is 316 g/mol. The van der Waals surface area contributed by atoms with Crippen molar-refractivity contribution in [2.45, 2.75) is 13.0 Å². The Kier molecular flexibility index (Phi) is 7.22. The highest BCUT2D eigenvalue weighted by atomic mass is 16.3. The molecule has 2 amide bonds. The molecule has 6 heteroatoms. The molecule has 2 rings (SSSR count). The number of anilines is 1. The lowest BCUT2D eigenvalue weighted by Crippen LogP contribution is -2.39. The molecule has 134 valence electrons. The number of carbonyl (C=O) groups excluding carboxylic acids is 1. The minimum atomic E-state index is -0.240. The molecule has 0 bridgehead atoms. The number of aromatic nitrogens is 1. The normalized spacial score (nSPS) is 11.6. The van der Waals surface area contributed by atoms with Gasteiger partial charge in [0.25, 0.3) is 0 Å². The fourth-order valence-electron chi connectivity index (χ4n) is 2.41. The summed E-state index contributed by atoms with van der Waals surface area (Å²) < 4.78 is 0. The molecule has 0 saturated carbocycles. The Morgan fingerprint density at radius 2 is 1.92 bits per heavy atom. The van der Waals surface area contributed by atoms with Gasteiger partial charge in [0.05, 0.1) is 0 Å². The lowest BCUT2D eigenvalue weighted by Gasteiger charge is -2.15. The summed E-state index contributed by atoms with van der Waals surface area (Å²) in [6.45, 7) is 0.866. The molecule has 1 aromatic carbocycles. The average Bonchev–Trinajstić information content (AvgIpc) is 2.64. The molecule has 0 aliphatic heterocycles. The number of urea groups is 1. The van der Waals surface area contributed by atoms with Crippen molar-refractivity contribution >= 4 is 11.7 Å². The molecule has 0 aliphatic rings. The van der Waals surface area contributed by atoms with Crippen LogP contribution in [-0.4, -0.2) is 43.4 Å². The minimum Gasteiger partial charge on any atom is -0.396 e. The van der Waals surface area contributed by atoms with Crippen molar-refractivity contribution in [3.05, 3.63) is 59.9 Å². The van der Waals surface area contributed by atoms with Gasteiger partial charge in [0.1, 0.15) is 0 Å².